The summed E-state index contributed by atoms with van der Waals surface area (Å²) >= 11 is 5.91. The zero-order chi connectivity index (χ0) is 21.1. The number of carbonyl (C=O) groups excluding carboxylic acids is 1. The molecule has 1 N–H and O–H groups in total. The van der Waals surface area contributed by atoms with Crippen LogP contribution in [0.5, 0.6) is 0 Å². The summed E-state index contributed by atoms with van der Waals surface area (Å²) < 4.78 is 1.83. The molecule has 0 aliphatic rings. The molecule has 152 valence electrons. The lowest BCUT2D eigenvalue weighted by molar-refractivity contribution is -0.120. The molecular weight excluding hydrogens is 396 g/mol. The Morgan fingerprint density at radius 2 is 1.80 bits per heavy atom. The molecule has 0 bridgehead atoms. The highest BCUT2D eigenvalue weighted by atomic mass is 35.5. The van der Waals surface area contributed by atoms with Crippen LogP contribution in [0.1, 0.15) is 22.5 Å². The number of hydrogen-bond acceptors (Lipinski definition) is 3. The molecule has 0 saturated carbocycles. The van der Waals surface area contributed by atoms with Crippen LogP contribution in [-0.4, -0.2) is 27.0 Å². The number of rotatable bonds is 6. The summed E-state index contributed by atoms with van der Waals surface area (Å²) in [5.41, 5.74) is 6.54. The van der Waals surface area contributed by atoms with Crippen molar-refractivity contribution in [3.63, 3.8) is 0 Å². The highest BCUT2D eigenvalue weighted by molar-refractivity contribution is 6.30. The lowest BCUT2D eigenvalue weighted by Crippen LogP contribution is -2.28. The van der Waals surface area contributed by atoms with Crippen LogP contribution in [0.25, 0.3) is 16.9 Å². The van der Waals surface area contributed by atoms with E-state index in [0.29, 0.717) is 11.6 Å². The van der Waals surface area contributed by atoms with Crippen molar-refractivity contribution in [1.82, 2.24) is 19.9 Å². The van der Waals surface area contributed by atoms with Crippen LogP contribution < -0.4 is 5.32 Å². The van der Waals surface area contributed by atoms with Crippen LogP contribution in [0.4, 0.5) is 0 Å². The maximum absolute atomic E-state index is 12.5. The fourth-order valence-corrected chi connectivity index (χ4v) is 3.68. The highest BCUT2D eigenvalue weighted by Gasteiger charge is 2.15. The lowest BCUT2D eigenvalue weighted by atomic mass is 10.1. The summed E-state index contributed by atoms with van der Waals surface area (Å²) in [4.78, 5) is 17.2. The van der Waals surface area contributed by atoms with E-state index in [0.717, 1.165) is 45.8 Å². The normalized spacial score (nSPS) is 11.0. The van der Waals surface area contributed by atoms with Crippen molar-refractivity contribution in [3.05, 3.63) is 88.2 Å². The zero-order valence-electron chi connectivity index (χ0n) is 17.0. The van der Waals surface area contributed by atoms with Gasteiger partial charge in [-0.1, -0.05) is 54.1 Å². The smallest absolute Gasteiger partial charge is 0.224 e. The molecule has 6 heteroatoms. The van der Waals surface area contributed by atoms with Gasteiger partial charge in [0.15, 0.2) is 5.65 Å². The van der Waals surface area contributed by atoms with Crippen LogP contribution in [0, 0.1) is 13.8 Å². The fourth-order valence-electron chi connectivity index (χ4n) is 3.55. The average molecular weight is 419 g/mol. The number of nitrogens with zero attached hydrogens (tertiary/aromatic N) is 3. The molecule has 4 aromatic rings. The standard InChI is InChI=1S/C24H23ClN4O/c1-16-21(14-24(30)26-13-12-18-8-10-20(25)11-9-18)17(2)29-23(27-16)15-22(28-29)19-6-4-3-5-7-19/h3-11,15H,12-14H2,1-2H3,(H,26,30). The van der Waals surface area contributed by atoms with E-state index in [1.54, 1.807) is 0 Å². The van der Waals surface area contributed by atoms with Crippen molar-refractivity contribution in [2.75, 3.05) is 6.54 Å². The van der Waals surface area contributed by atoms with Crippen LogP contribution >= 0.6 is 11.6 Å². The predicted molar refractivity (Wildman–Crippen MR) is 120 cm³/mol. The van der Waals surface area contributed by atoms with Gasteiger partial charge >= 0.3 is 0 Å². The Hall–Kier alpha value is -3.18. The summed E-state index contributed by atoms with van der Waals surface area (Å²) in [7, 11) is 0. The van der Waals surface area contributed by atoms with Gasteiger partial charge in [0.1, 0.15) is 0 Å². The second-order valence-corrected chi connectivity index (χ2v) is 7.77. The maximum Gasteiger partial charge on any atom is 0.224 e. The van der Waals surface area contributed by atoms with Crippen LogP contribution in [0.15, 0.2) is 60.7 Å². The molecule has 2 heterocycles. The lowest BCUT2D eigenvalue weighted by Gasteiger charge is -2.11. The fraction of sp³-hybridized carbons (Fsp3) is 0.208. The van der Waals surface area contributed by atoms with E-state index in [4.69, 9.17) is 16.7 Å². The first-order valence-corrected chi connectivity index (χ1v) is 10.3. The number of aromatic nitrogens is 3. The summed E-state index contributed by atoms with van der Waals surface area (Å²) in [6.07, 6.45) is 1.04. The van der Waals surface area contributed by atoms with Gasteiger partial charge in [0.25, 0.3) is 0 Å². The van der Waals surface area contributed by atoms with E-state index in [1.165, 1.54) is 0 Å². The van der Waals surface area contributed by atoms with Gasteiger partial charge in [0.05, 0.1) is 12.1 Å². The minimum atomic E-state index is -0.0215. The summed E-state index contributed by atoms with van der Waals surface area (Å²) in [5.74, 6) is -0.0215. The van der Waals surface area contributed by atoms with Crippen molar-refractivity contribution >= 4 is 23.2 Å². The highest BCUT2D eigenvalue weighted by Crippen LogP contribution is 2.22. The van der Waals surface area contributed by atoms with Gasteiger partial charge in [0.2, 0.25) is 5.91 Å². The number of halogens is 1. The van der Waals surface area contributed by atoms with Crippen molar-refractivity contribution in [2.24, 2.45) is 0 Å². The van der Waals surface area contributed by atoms with Crippen molar-refractivity contribution in [2.45, 2.75) is 26.7 Å². The molecule has 0 atom stereocenters. The first-order chi connectivity index (χ1) is 14.5. The van der Waals surface area contributed by atoms with Crippen molar-refractivity contribution in [1.29, 1.82) is 0 Å². The first kappa shape index (κ1) is 20.1. The summed E-state index contributed by atoms with van der Waals surface area (Å²) in [6.45, 7) is 4.51. The number of nitrogens with one attached hydrogen (secondary N) is 1. The SMILES string of the molecule is Cc1nc2cc(-c3ccccc3)nn2c(C)c1CC(=O)NCCc1ccc(Cl)cc1. The van der Waals surface area contributed by atoms with E-state index in [2.05, 4.69) is 10.3 Å². The molecule has 1 amide bonds. The van der Waals surface area contributed by atoms with Gasteiger partial charge in [-0.05, 0) is 38.0 Å². The maximum atomic E-state index is 12.5. The second kappa shape index (κ2) is 8.67. The van der Waals surface area contributed by atoms with Gasteiger partial charge in [-0.3, -0.25) is 4.79 Å². The molecule has 0 spiro atoms. The van der Waals surface area contributed by atoms with E-state index >= 15 is 0 Å². The molecule has 2 aromatic carbocycles. The Labute approximate surface area is 180 Å². The number of carbonyl (C=O) groups is 1. The largest absolute Gasteiger partial charge is 0.355 e. The predicted octanol–water partition coefficient (Wildman–Crippen LogP) is 4.57. The van der Waals surface area contributed by atoms with Gasteiger partial charge < -0.3 is 5.32 Å². The van der Waals surface area contributed by atoms with Crippen LogP contribution in [0.2, 0.25) is 5.02 Å². The Balaban J connectivity index is 1.48. The summed E-state index contributed by atoms with van der Waals surface area (Å²) in [6, 6.07) is 19.7. The monoisotopic (exact) mass is 418 g/mol. The van der Waals surface area contributed by atoms with E-state index in [1.807, 2.05) is 79.0 Å². The number of hydrogen-bond donors (Lipinski definition) is 1. The molecule has 0 unspecified atom stereocenters. The minimum absolute atomic E-state index is 0.0215. The van der Waals surface area contributed by atoms with Crippen molar-refractivity contribution in [3.8, 4) is 11.3 Å². The molecule has 0 aliphatic heterocycles. The van der Waals surface area contributed by atoms with Gasteiger partial charge in [0, 0.05) is 40.1 Å². The van der Waals surface area contributed by atoms with Crippen molar-refractivity contribution < 1.29 is 4.79 Å². The van der Waals surface area contributed by atoms with Gasteiger partial charge in [-0.25, -0.2) is 9.50 Å². The number of amides is 1. The van der Waals surface area contributed by atoms with E-state index < -0.39 is 0 Å². The van der Waals surface area contributed by atoms with Crippen LogP contribution in [0.3, 0.4) is 0 Å². The van der Waals surface area contributed by atoms with E-state index in [9.17, 15) is 4.79 Å². The number of aryl methyl sites for hydroxylation is 2. The van der Waals surface area contributed by atoms with Gasteiger partial charge in [-0.2, -0.15) is 5.10 Å². The van der Waals surface area contributed by atoms with E-state index in [-0.39, 0.29) is 12.3 Å². The Bertz CT molecular complexity index is 1180. The molecule has 2 aromatic heterocycles. The molecule has 4 rings (SSSR count). The second-order valence-electron chi connectivity index (χ2n) is 7.33. The third kappa shape index (κ3) is 4.36. The molecule has 5 nitrogen and oxygen atoms in total. The number of fused-ring (bicyclic) bond motifs is 1. The van der Waals surface area contributed by atoms with Crippen LogP contribution in [-0.2, 0) is 17.6 Å². The topological polar surface area (TPSA) is 59.3 Å². The molecular formula is C24H23ClN4O. The number of benzene rings is 2. The zero-order valence-corrected chi connectivity index (χ0v) is 17.8. The van der Waals surface area contributed by atoms with Gasteiger partial charge in [-0.15, -0.1) is 0 Å². The first-order valence-electron chi connectivity index (χ1n) is 9.93. The molecule has 0 saturated heterocycles. The quantitative estimate of drug-likeness (QED) is 0.499. The Morgan fingerprint density at radius 3 is 2.53 bits per heavy atom. The Morgan fingerprint density at radius 1 is 1.07 bits per heavy atom. The minimum Gasteiger partial charge on any atom is -0.355 e. The molecule has 0 fully saturated rings. The average Bonchev–Trinajstić information content (AvgIpc) is 3.17. The molecule has 0 radical (unpaired) electrons. The third-order valence-corrected chi connectivity index (χ3v) is 5.47. The molecule has 30 heavy (non-hydrogen) atoms. The molecule has 0 aliphatic carbocycles. The summed E-state index contributed by atoms with van der Waals surface area (Å²) in [5, 5.41) is 8.42. The third-order valence-electron chi connectivity index (χ3n) is 5.22. The Kier molecular flexibility index (Phi) is 5.81.